The summed E-state index contributed by atoms with van der Waals surface area (Å²) in [7, 11) is 0. The first-order valence-electron chi connectivity index (χ1n) is 4.24. The van der Waals surface area contributed by atoms with Crippen molar-refractivity contribution in [1.29, 1.82) is 0 Å². The molecule has 0 aliphatic carbocycles. The Balaban J connectivity index is 2.44. The van der Waals surface area contributed by atoms with Gasteiger partial charge < -0.3 is 4.42 Å². The van der Waals surface area contributed by atoms with E-state index in [1.807, 2.05) is 31.2 Å². The molecule has 0 amide bonds. The maximum Gasteiger partial charge on any atom is 0.199 e. The van der Waals surface area contributed by atoms with Gasteiger partial charge in [-0.05, 0) is 19.1 Å². The smallest absolute Gasteiger partial charge is 0.199 e. The molecule has 0 saturated carbocycles. The standard InChI is InChI=1S/C11H11NO/c1-8(2)7-11-12-9-5-3-4-6-10(9)13-11/h3-6H,1,7H2,2H3. The van der Waals surface area contributed by atoms with E-state index in [1.165, 1.54) is 0 Å². The highest BCUT2D eigenvalue weighted by Crippen LogP contribution is 2.16. The van der Waals surface area contributed by atoms with Gasteiger partial charge >= 0.3 is 0 Å². The molecule has 1 aromatic heterocycles. The SMILES string of the molecule is C=C(C)Cc1nc2ccccc2o1. The first-order chi connectivity index (χ1) is 6.25. The molecule has 0 N–H and O–H groups in total. The topological polar surface area (TPSA) is 26.0 Å². The Labute approximate surface area is 76.9 Å². The molecule has 0 unspecified atom stereocenters. The summed E-state index contributed by atoms with van der Waals surface area (Å²) in [4.78, 5) is 4.33. The van der Waals surface area contributed by atoms with E-state index in [2.05, 4.69) is 11.6 Å². The number of rotatable bonds is 2. The van der Waals surface area contributed by atoms with Crippen LogP contribution in [0.3, 0.4) is 0 Å². The van der Waals surface area contributed by atoms with Crippen molar-refractivity contribution in [2.75, 3.05) is 0 Å². The maximum atomic E-state index is 5.51. The monoisotopic (exact) mass is 173 g/mol. The van der Waals surface area contributed by atoms with Gasteiger partial charge in [0.2, 0.25) is 0 Å². The molecule has 66 valence electrons. The molecule has 1 heterocycles. The highest BCUT2D eigenvalue weighted by molar-refractivity contribution is 5.72. The Morgan fingerprint density at radius 2 is 2.23 bits per heavy atom. The van der Waals surface area contributed by atoms with Crippen LogP contribution < -0.4 is 0 Å². The van der Waals surface area contributed by atoms with Crippen LogP contribution in [-0.4, -0.2) is 4.98 Å². The first-order valence-corrected chi connectivity index (χ1v) is 4.24. The summed E-state index contributed by atoms with van der Waals surface area (Å²) in [6.45, 7) is 5.79. The van der Waals surface area contributed by atoms with Crippen LogP contribution in [0.2, 0.25) is 0 Å². The number of oxazole rings is 1. The van der Waals surface area contributed by atoms with Gasteiger partial charge in [0.25, 0.3) is 0 Å². The number of hydrogen-bond acceptors (Lipinski definition) is 2. The second-order valence-electron chi connectivity index (χ2n) is 3.21. The van der Waals surface area contributed by atoms with Crippen LogP contribution in [0.25, 0.3) is 11.1 Å². The minimum absolute atomic E-state index is 0.717. The van der Waals surface area contributed by atoms with Gasteiger partial charge in [0.05, 0.1) is 0 Å². The summed E-state index contributed by atoms with van der Waals surface area (Å²) in [5, 5.41) is 0. The summed E-state index contributed by atoms with van der Waals surface area (Å²) in [6.07, 6.45) is 0.717. The second kappa shape index (κ2) is 3.05. The Hall–Kier alpha value is -1.57. The van der Waals surface area contributed by atoms with E-state index in [4.69, 9.17) is 4.42 Å². The average Bonchev–Trinajstić information content (AvgIpc) is 2.44. The number of allylic oxidation sites excluding steroid dienone is 1. The van der Waals surface area contributed by atoms with E-state index in [9.17, 15) is 0 Å². The van der Waals surface area contributed by atoms with Crippen LogP contribution in [0, 0.1) is 0 Å². The molecular formula is C11H11NO. The number of benzene rings is 1. The highest BCUT2D eigenvalue weighted by atomic mass is 16.3. The van der Waals surface area contributed by atoms with Gasteiger partial charge in [-0.15, -0.1) is 0 Å². The zero-order valence-corrected chi connectivity index (χ0v) is 7.58. The van der Waals surface area contributed by atoms with Gasteiger partial charge in [-0.25, -0.2) is 4.98 Å². The van der Waals surface area contributed by atoms with Crippen LogP contribution in [0.1, 0.15) is 12.8 Å². The van der Waals surface area contributed by atoms with Crippen molar-refractivity contribution in [2.24, 2.45) is 0 Å². The predicted octanol–water partition coefficient (Wildman–Crippen LogP) is 2.95. The fourth-order valence-electron chi connectivity index (χ4n) is 1.25. The third kappa shape index (κ3) is 1.61. The maximum absolute atomic E-state index is 5.51. The van der Waals surface area contributed by atoms with Crippen LogP contribution in [-0.2, 0) is 6.42 Å². The van der Waals surface area contributed by atoms with Crippen molar-refractivity contribution in [3.05, 3.63) is 42.3 Å². The van der Waals surface area contributed by atoms with Gasteiger partial charge in [0.15, 0.2) is 11.5 Å². The lowest BCUT2D eigenvalue weighted by Gasteiger charge is -1.90. The Kier molecular flexibility index (Phi) is 1.89. The van der Waals surface area contributed by atoms with Crippen molar-refractivity contribution >= 4 is 11.1 Å². The lowest BCUT2D eigenvalue weighted by molar-refractivity contribution is 0.542. The fraction of sp³-hybridized carbons (Fsp3) is 0.182. The first kappa shape index (κ1) is 8.05. The van der Waals surface area contributed by atoms with Crippen molar-refractivity contribution in [2.45, 2.75) is 13.3 Å². The summed E-state index contributed by atoms with van der Waals surface area (Å²) in [5.74, 6) is 0.744. The van der Waals surface area contributed by atoms with Crippen molar-refractivity contribution < 1.29 is 4.42 Å². The van der Waals surface area contributed by atoms with Crippen molar-refractivity contribution in [1.82, 2.24) is 4.98 Å². The molecule has 2 nitrogen and oxygen atoms in total. The summed E-state index contributed by atoms with van der Waals surface area (Å²) >= 11 is 0. The lowest BCUT2D eigenvalue weighted by atomic mass is 10.2. The largest absolute Gasteiger partial charge is 0.440 e. The molecule has 0 spiro atoms. The third-order valence-corrected chi connectivity index (χ3v) is 1.79. The lowest BCUT2D eigenvalue weighted by Crippen LogP contribution is -1.83. The molecule has 0 fully saturated rings. The van der Waals surface area contributed by atoms with E-state index in [-0.39, 0.29) is 0 Å². The molecular weight excluding hydrogens is 162 g/mol. The molecule has 0 aliphatic rings. The number of aromatic nitrogens is 1. The van der Waals surface area contributed by atoms with Gasteiger partial charge in [-0.3, -0.25) is 0 Å². The average molecular weight is 173 g/mol. The summed E-state index contributed by atoms with van der Waals surface area (Å²) < 4.78 is 5.51. The Bertz CT molecular complexity index is 409. The van der Waals surface area contributed by atoms with E-state index < -0.39 is 0 Å². The molecule has 0 radical (unpaired) electrons. The van der Waals surface area contributed by atoms with Gasteiger partial charge in [0, 0.05) is 6.42 Å². The molecule has 13 heavy (non-hydrogen) atoms. The van der Waals surface area contributed by atoms with E-state index in [0.29, 0.717) is 6.42 Å². The molecule has 2 heteroatoms. The zero-order chi connectivity index (χ0) is 9.26. The molecule has 0 saturated heterocycles. The number of para-hydroxylation sites is 2. The quantitative estimate of drug-likeness (QED) is 0.652. The van der Waals surface area contributed by atoms with Gasteiger partial charge in [-0.2, -0.15) is 0 Å². The normalized spacial score (nSPS) is 10.5. The van der Waals surface area contributed by atoms with Crippen LogP contribution in [0.15, 0.2) is 40.8 Å². The summed E-state index contributed by atoms with van der Waals surface area (Å²) in [6, 6.07) is 7.76. The van der Waals surface area contributed by atoms with E-state index in [1.54, 1.807) is 0 Å². The fourth-order valence-corrected chi connectivity index (χ4v) is 1.25. The van der Waals surface area contributed by atoms with Crippen LogP contribution in [0.4, 0.5) is 0 Å². The molecule has 2 rings (SSSR count). The van der Waals surface area contributed by atoms with Crippen LogP contribution >= 0.6 is 0 Å². The molecule has 1 aromatic carbocycles. The minimum atomic E-state index is 0.717. The van der Waals surface area contributed by atoms with Gasteiger partial charge in [0.1, 0.15) is 5.52 Å². The zero-order valence-electron chi connectivity index (χ0n) is 7.58. The number of fused-ring (bicyclic) bond motifs is 1. The Morgan fingerprint density at radius 3 is 2.92 bits per heavy atom. The van der Waals surface area contributed by atoms with Crippen molar-refractivity contribution in [3.8, 4) is 0 Å². The van der Waals surface area contributed by atoms with Gasteiger partial charge in [-0.1, -0.05) is 24.3 Å². The number of nitrogens with zero attached hydrogens (tertiary/aromatic N) is 1. The predicted molar refractivity (Wildman–Crippen MR) is 52.5 cm³/mol. The number of hydrogen-bond donors (Lipinski definition) is 0. The molecule has 0 bridgehead atoms. The van der Waals surface area contributed by atoms with Crippen LogP contribution in [0.5, 0.6) is 0 Å². The van der Waals surface area contributed by atoms with E-state index in [0.717, 1.165) is 22.6 Å². The molecule has 2 aromatic rings. The van der Waals surface area contributed by atoms with E-state index >= 15 is 0 Å². The van der Waals surface area contributed by atoms with Crippen molar-refractivity contribution in [3.63, 3.8) is 0 Å². The second-order valence-corrected chi connectivity index (χ2v) is 3.21. The molecule has 0 aliphatic heterocycles. The highest BCUT2D eigenvalue weighted by Gasteiger charge is 2.03. The third-order valence-electron chi connectivity index (χ3n) is 1.79. The molecule has 0 atom stereocenters. The summed E-state index contributed by atoms with van der Waals surface area (Å²) in [5.41, 5.74) is 2.82. The minimum Gasteiger partial charge on any atom is -0.440 e. The Morgan fingerprint density at radius 1 is 1.46 bits per heavy atom.